The van der Waals surface area contributed by atoms with Gasteiger partial charge in [0.15, 0.2) is 0 Å². The minimum Gasteiger partial charge on any atom is -0.268 e. The van der Waals surface area contributed by atoms with Crippen LogP contribution >= 0.6 is 11.6 Å². The van der Waals surface area contributed by atoms with Gasteiger partial charge in [0, 0.05) is 11.6 Å². The van der Waals surface area contributed by atoms with Gasteiger partial charge in [0.05, 0.1) is 15.5 Å². The number of carbonyl (C=O) groups is 1. The third kappa shape index (κ3) is 4.05. The van der Waals surface area contributed by atoms with Gasteiger partial charge in [0.25, 0.3) is 21.6 Å². The van der Waals surface area contributed by atoms with Gasteiger partial charge in [-0.05, 0) is 55.3 Å². The van der Waals surface area contributed by atoms with E-state index in [1.807, 2.05) is 0 Å². The van der Waals surface area contributed by atoms with E-state index < -0.39 is 26.5 Å². The number of halogens is 1. The van der Waals surface area contributed by atoms with Gasteiger partial charge in [-0.3, -0.25) is 14.9 Å². The summed E-state index contributed by atoms with van der Waals surface area (Å²) in [6.45, 7) is 3.45. The topological polar surface area (TPSA) is 97.6 Å². The molecule has 0 N–H and O–H groups in total. The fourth-order valence-corrected chi connectivity index (χ4v) is 4.56. The molecule has 0 spiro atoms. The zero-order valence-electron chi connectivity index (χ0n) is 16.1. The minimum absolute atomic E-state index is 0.0808. The maximum absolute atomic E-state index is 13.4. The van der Waals surface area contributed by atoms with Crippen molar-refractivity contribution in [1.29, 1.82) is 0 Å². The first-order chi connectivity index (χ1) is 14.1. The molecule has 0 saturated carbocycles. The zero-order valence-corrected chi connectivity index (χ0v) is 17.6. The van der Waals surface area contributed by atoms with Gasteiger partial charge in [-0.15, -0.1) is 0 Å². The van der Waals surface area contributed by atoms with Crippen LogP contribution in [0.15, 0.2) is 71.6 Å². The summed E-state index contributed by atoms with van der Waals surface area (Å²) in [5, 5.41) is 11.1. The largest absolute Gasteiger partial charge is 0.288 e. The number of hydrogen-bond acceptors (Lipinski definition) is 5. The quantitative estimate of drug-likeness (QED) is 0.411. The summed E-state index contributed by atoms with van der Waals surface area (Å²) in [4.78, 5) is 23.8. The third-order valence-corrected chi connectivity index (χ3v) is 6.47. The number of rotatable bonds is 5. The van der Waals surface area contributed by atoms with Gasteiger partial charge in [0.1, 0.15) is 5.02 Å². The maximum atomic E-state index is 13.4. The normalized spacial score (nSPS) is 11.2. The lowest BCUT2D eigenvalue weighted by Crippen LogP contribution is -2.37. The van der Waals surface area contributed by atoms with E-state index in [2.05, 4.69) is 0 Å². The van der Waals surface area contributed by atoms with Gasteiger partial charge in [-0.1, -0.05) is 41.9 Å². The molecule has 3 rings (SSSR count). The number of amides is 1. The predicted octanol–water partition coefficient (Wildman–Crippen LogP) is 4.90. The highest BCUT2D eigenvalue weighted by Gasteiger charge is 2.33. The molecule has 3 aromatic rings. The number of sulfonamides is 1. The van der Waals surface area contributed by atoms with Crippen molar-refractivity contribution >= 4 is 38.9 Å². The third-order valence-electron chi connectivity index (χ3n) is 4.44. The Morgan fingerprint density at radius 3 is 2.30 bits per heavy atom. The minimum atomic E-state index is -4.30. The van der Waals surface area contributed by atoms with Crippen molar-refractivity contribution in [3.05, 3.63) is 98.6 Å². The van der Waals surface area contributed by atoms with Crippen LogP contribution in [-0.4, -0.2) is 19.2 Å². The standard InChI is InChI=1S/C21H17ClN2O5S/c1-14-8-9-15(2)19(12-14)23(30(28,29)17-6-4-3-5-7-17)21(25)16-10-11-18(22)20(13-16)24(26)27/h3-13H,1-2H3. The summed E-state index contributed by atoms with van der Waals surface area (Å²) in [6, 6.07) is 16.0. The summed E-state index contributed by atoms with van der Waals surface area (Å²) < 4.78 is 27.6. The van der Waals surface area contributed by atoms with Crippen molar-refractivity contribution in [2.45, 2.75) is 18.7 Å². The predicted molar refractivity (Wildman–Crippen MR) is 114 cm³/mol. The molecule has 0 heterocycles. The highest BCUT2D eigenvalue weighted by atomic mass is 35.5. The molecule has 9 heteroatoms. The molecule has 0 aliphatic carbocycles. The number of nitro groups is 1. The molecule has 0 aliphatic heterocycles. The Labute approximate surface area is 178 Å². The fraction of sp³-hybridized carbons (Fsp3) is 0.0952. The molecule has 0 aromatic heterocycles. The van der Waals surface area contributed by atoms with Crippen molar-refractivity contribution in [2.24, 2.45) is 0 Å². The maximum Gasteiger partial charge on any atom is 0.288 e. The lowest BCUT2D eigenvalue weighted by Gasteiger charge is -2.24. The molecule has 0 unspecified atom stereocenters. The second kappa shape index (κ2) is 8.25. The highest BCUT2D eigenvalue weighted by molar-refractivity contribution is 7.93. The van der Waals surface area contributed by atoms with E-state index in [9.17, 15) is 23.3 Å². The Bertz CT molecular complexity index is 1240. The highest BCUT2D eigenvalue weighted by Crippen LogP contribution is 2.32. The molecule has 3 aromatic carbocycles. The van der Waals surface area contributed by atoms with Crippen LogP contribution in [0, 0.1) is 24.0 Å². The Kier molecular flexibility index (Phi) is 5.91. The van der Waals surface area contributed by atoms with Gasteiger partial charge in [0.2, 0.25) is 0 Å². The molecule has 1 amide bonds. The zero-order chi connectivity index (χ0) is 22.1. The molecule has 154 valence electrons. The molecule has 7 nitrogen and oxygen atoms in total. The van der Waals surface area contributed by atoms with E-state index >= 15 is 0 Å². The van der Waals surface area contributed by atoms with Crippen molar-refractivity contribution in [3.8, 4) is 0 Å². The van der Waals surface area contributed by atoms with E-state index in [-0.39, 0.29) is 21.2 Å². The van der Waals surface area contributed by atoms with E-state index in [1.54, 1.807) is 50.2 Å². The van der Waals surface area contributed by atoms with Crippen molar-refractivity contribution in [2.75, 3.05) is 4.31 Å². The molecule has 0 fully saturated rings. The molecule has 0 aliphatic rings. The van der Waals surface area contributed by atoms with E-state index in [4.69, 9.17) is 11.6 Å². The number of nitro benzene ring substituents is 1. The van der Waals surface area contributed by atoms with Gasteiger partial charge in [-0.2, -0.15) is 4.31 Å². The van der Waals surface area contributed by atoms with Crippen LogP contribution < -0.4 is 4.31 Å². The molecule has 30 heavy (non-hydrogen) atoms. The van der Waals surface area contributed by atoms with Crippen molar-refractivity contribution in [3.63, 3.8) is 0 Å². The Morgan fingerprint density at radius 2 is 1.67 bits per heavy atom. The van der Waals surface area contributed by atoms with Crippen LogP contribution in [0.1, 0.15) is 21.5 Å². The van der Waals surface area contributed by atoms with Gasteiger partial charge in [-0.25, -0.2) is 8.42 Å². The van der Waals surface area contributed by atoms with Gasteiger partial charge < -0.3 is 0 Å². The molecular weight excluding hydrogens is 428 g/mol. The molecule has 0 radical (unpaired) electrons. The second-order valence-electron chi connectivity index (χ2n) is 6.60. The van der Waals surface area contributed by atoms with Crippen LogP contribution in [0.2, 0.25) is 5.02 Å². The number of anilines is 1. The summed E-state index contributed by atoms with van der Waals surface area (Å²) in [6.07, 6.45) is 0. The number of benzene rings is 3. The average Bonchev–Trinajstić information content (AvgIpc) is 2.71. The summed E-state index contributed by atoms with van der Waals surface area (Å²) in [5.41, 5.74) is 0.809. The first-order valence-electron chi connectivity index (χ1n) is 8.79. The van der Waals surface area contributed by atoms with Crippen LogP contribution in [0.5, 0.6) is 0 Å². The lowest BCUT2D eigenvalue weighted by atomic mass is 10.1. The molecule has 0 saturated heterocycles. The first kappa shape index (κ1) is 21.5. The Hall–Kier alpha value is -3.23. The molecule has 0 bridgehead atoms. The summed E-state index contributed by atoms with van der Waals surface area (Å²) >= 11 is 5.84. The van der Waals surface area contributed by atoms with E-state index in [1.165, 1.54) is 24.3 Å². The second-order valence-corrected chi connectivity index (χ2v) is 8.79. The first-order valence-corrected chi connectivity index (χ1v) is 10.6. The van der Waals surface area contributed by atoms with Crippen LogP contribution in [0.25, 0.3) is 0 Å². The average molecular weight is 445 g/mol. The molecule has 0 atom stereocenters. The Balaban J connectivity index is 2.25. The van der Waals surface area contributed by atoms with Crippen LogP contribution in [0.4, 0.5) is 11.4 Å². The number of carbonyl (C=O) groups excluding carboxylic acids is 1. The van der Waals surface area contributed by atoms with E-state index in [0.29, 0.717) is 9.87 Å². The SMILES string of the molecule is Cc1ccc(C)c(N(C(=O)c2ccc(Cl)c([N+](=O)[O-])c2)S(=O)(=O)c2ccccc2)c1. The van der Waals surface area contributed by atoms with Crippen LogP contribution in [-0.2, 0) is 10.0 Å². The number of nitrogens with zero attached hydrogens (tertiary/aromatic N) is 2. The monoisotopic (exact) mass is 444 g/mol. The molecular formula is C21H17ClN2O5S. The van der Waals surface area contributed by atoms with Gasteiger partial charge >= 0.3 is 0 Å². The van der Waals surface area contributed by atoms with Crippen molar-refractivity contribution in [1.82, 2.24) is 0 Å². The number of aryl methyl sites for hydroxylation is 2. The van der Waals surface area contributed by atoms with Crippen LogP contribution in [0.3, 0.4) is 0 Å². The summed E-state index contributed by atoms with van der Waals surface area (Å²) in [7, 11) is -4.30. The number of hydrogen-bond donors (Lipinski definition) is 0. The lowest BCUT2D eigenvalue weighted by molar-refractivity contribution is -0.384. The smallest absolute Gasteiger partial charge is 0.268 e. The van der Waals surface area contributed by atoms with Crippen molar-refractivity contribution < 1.29 is 18.1 Å². The fourth-order valence-electron chi connectivity index (χ4n) is 2.89. The Morgan fingerprint density at radius 1 is 1.00 bits per heavy atom. The van der Waals surface area contributed by atoms with E-state index in [0.717, 1.165) is 11.6 Å². The summed E-state index contributed by atoms with van der Waals surface area (Å²) in [5.74, 6) is -0.924.